The standard InChI is InChI=1S/C15H21N3S2/c1-4-7-16-14(9-19-15-18-17-10-20-15)13-8-11(2)5-6-12(13)3/h5-6,8,10,14,16H,4,7,9H2,1-3H3. The summed E-state index contributed by atoms with van der Waals surface area (Å²) in [6, 6.07) is 7.04. The lowest BCUT2D eigenvalue weighted by atomic mass is 10.00. The minimum atomic E-state index is 0.365. The van der Waals surface area contributed by atoms with Crippen LogP contribution in [-0.4, -0.2) is 22.5 Å². The molecule has 0 spiro atoms. The summed E-state index contributed by atoms with van der Waals surface area (Å²) < 4.78 is 1.04. The summed E-state index contributed by atoms with van der Waals surface area (Å²) in [7, 11) is 0. The van der Waals surface area contributed by atoms with Gasteiger partial charge < -0.3 is 5.32 Å². The molecule has 1 aromatic heterocycles. The summed E-state index contributed by atoms with van der Waals surface area (Å²) in [4.78, 5) is 0. The lowest BCUT2D eigenvalue weighted by Gasteiger charge is -2.20. The van der Waals surface area contributed by atoms with Crippen molar-refractivity contribution < 1.29 is 0 Å². The van der Waals surface area contributed by atoms with Gasteiger partial charge in [0.25, 0.3) is 0 Å². The summed E-state index contributed by atoms with van der Waals surface area (Å²) in [6.45, 7) is 7.57. The normalized spacial score (nSPS) is 12.6. The van der Waals surface area contributed by atoms with Crippen molar-refractivity contribution in [2.24, 2.45) is 0 Å². The minimum absolute atomic E-state index is 0.365. The fourth-order valence-electron chi connectivity index (χ4n) is 2.09. The second-order valence-corrected chi connectivity index (χ2v) is 6.98. The molecular weight excluding hydrogens is 286 g/mol. The van der Waals surface area contributed by atoms with Gasteiger partial charge in [-0.25, -0.2) is 0 Å². The molecule has 0 saturated heterocycles. The molecule has 2 rings (SSSR count). The van der Waals surface area contributed by atoms with E-state index in [4.69, 9.17) is 0 Å². The van der Waals surface area contributed by atoms with E-state index in [1.165, 1.54) is 16.7 Å². The molecule has 5 heteroatoms. The van der Waals surface area contributed by atoms with Crippen molar-refractivity contribution in [2.75, 3.05) is 12.3 Å². The Bertz CT molecular complexity index is 526. The molecule has 0 aliphatic carbocycles. The van der Waals surface area contributed by atoms with Gasteiger partial charge in [-0.2, -0.15) is 0 Å². The van der Waals surface area contributed by atoms with Gasteiger partial charge in [-0.05, 0) is 37.9 Å². The summed E-state index contributed by atoms with van der Waals surface area (Å²) in [5.41, 5.74) is 5.85. The van der Waals surface area contributed by atoms with Crippen molar-refractivity contribution in [3.8, 4) is 0 Å². The maximum atomic E-state index is 4.11. The van der Waals surface area contributed by atoms with Crippen LogP contribution in [-0.2, 0) is 0 Å². The Morgan fingerprint density at radius 1 is 1.35 bits per heavy atom. The first kappa shape index (κ1) is 15.5. The van der Waals surface area contributed by atoms with Gasteiger partial charge in [0.2, 0.25) is 0 Å². The molecule has 108 valence electrons. The molecule has 0 fully saturated rings. The van der Waals surface area contributed by atoms with Gasteiger partial charge in [0.05, 0.1) is 0 Å². The molecule has 1 aromatic carbocycles. The van der Waals surface area contributed by atoms with E-state index in [-0.39, 0.29) is 0 Å². The highest BCUT2D eigenvalue weighted by Crippen LogP contribution is 2.27. The Morgan fingerprint density at radius 2 is 2.20 bits per heavy atom. The van der Waals surface area contributed by atoms with Gasteiger partial charge >= 0.3 is 0 Å². The largest absolute Gasteiger partial charge is 0.309 e. The molecular formula is C15H21N3S2. The van der Waals surface area contributed by atoms with E-state index in [2.05, 4.69) is 54.5 Å². The van der Waals surface area contributed by atoms with Gasteiger partial charge in [0.1, 0.15) is 5.51 Å². The van der Waals surface area contributed by atoms with E-state index in [0.29, 0.717) is 6.04 Å². The molecule has 3 nitrogen and oxygen atoms in total. The van der Waals surface area contributed by atoms with Gasteiger partial charge in [-0.15, -0.1) is 10.2 Å². The van der Waals surface area contributed by atoms with E-state index >= 15 is 0 Å². The smallest absolute Gasteiger partial charge is 0.174 e. The topological polar surface area (TPSA) is 37.8 Å². The number of nitrogens with zero attached hydrogens (tertiary/aromatic N) is 2. The van der Waals surface area contributed by atoms with Crippen LogP contribution in [0.25, 0.3) is 0 Å². The van der Waals surface area contributed by atoms with Crippen LogP contribution in [0.15, 0.2) is 28.0 Å². The third-order valence-corrected chi connectivity index (χ3v) is 5.12. The van der Waals surface area contributed by atoms with Gasteiger partial charge in [0.15, 0.2) is 4.34 Å². The molecule has 1 heterocycles. The second-order valence-electron chi connectivity index (χ2n) is 4.88. The molecule has 1 unspecified atom stereocenters. The first-order valence-corrected chi connectivity index (χ1v) is 8.76. The summed E-state index contributed by atoms with van der Waals surface area (Å²) in [6.07, 6.45) is 1.14. The zero-order chi connectivity index (χ0) is 14.4. The third-order valence-electron chi connectivity index (χ3n) is 3.16. The van der Waals surface area contributed by atoms with Gasteiger partial charge in [0, 0.05) is 11.8 Å². The number of hydrogen-bond donors (Lipinski definition) is 1. The Kier molecular flexibility index (Phi) is 6.01. The predicted octanol–water partition coefficient (Wildman–Crippen LogP) is 3.99. The van der Waals surface area contributed by atoms with Crippen LogP contribution in [0.1, 0.15) is 36.1 Å². The Morgan fingerprint density at radius 3 is 2.90 bits per heavy atom. The van der Waals surface area contributed by atoms with Crippen molar-refractivity contribution in [3.63, 3.8) is 0 Å². The number of aromatic nitrogens is 2. The van der Waals surface area contributed by atoms with Crippen LogP contribution in [0.3, 0.4) is 0 Å². The lowest BCUT2D eigenvalue weighted by Crippen LogP contribution is -2.25. The van der Waals surface area contributed by atoms with E-state index in [0.717, 1.165) is 23.1 Å². The Labute approximate surface area is 129 Å². The maximum Gasteiger partial charge on any atom is 0.174 e. The quantitative estimate of drug-likeness (QED) is 0.785. The highest BCUT2D eigenvalue weighted by Gasteiger charge is 2.14. The fourth-order valence-corrected chi connectivity index (χ4v) is 3.69. The van der Waals surface area contributed by atoms with Crippen molar-refractivity contribution in [2.45, 2.75) is 37.6 Å². The number of nitrogens with one attached hydrogen (secondary N) is 1. The monoisotopic (exact) mass is 307 g/mol. The average Bonchev–Trinajstić information content (AvgIpc) is 2.95. The van der Waals surface area contributed by atoms with Crippen LogP contribution in [0, 0.1) is 13.8 Å². The molecule has 0 aliphatic heterocycles. The molecule has 0 aliphatic rings. The second kappa shape index (κ2) is 7.76. The number of aryl methyl sites for hydroxylation is 2. The SMILES string of the molecule is CCCNC(CSc1nncs1)c1cc(C)ccc1C. The molecule has 1 N–H and O–H groups in total. The number of thioether (sulfide) groups is 1. The molecule has 0 radical (unpaired) electrons. The van der Waals surface area contributed by atoms with E-state index in [9.17, 15) is 0 Å². The molecule has 0 saturated carbocycles. The van der Waals surface area contributed by atoms with Crippen molar-refractivity contribution in [3.05, 3.63) is 40.4 Å². The predicted molar refractivity (Wildman–Crippen MR) is 87.6 cm³/mol. The van der Waals surface area contributed by atoms with Crippen LogP contribution in [0.4, 0.5) is 0 Å². The summed E-state index contributed by atoms with van der Waals surface area (Å²) >= 11 is 3.38. The first-order valence-electron chi connectivity index (χ1n) is 6.90. The third kappa shape index (κ3) is 4.30. The highest BCUT2D eigenvalue weighted by molar-refractivity contribution is 8.01. The fraction of sp³-hybridized carbons (Fsp3) is 0.467. The van der Waals surface area contributed by atoms with E-state index < -0.39 is 0 Å². The lowest BCUT2D eigenvalue weighted by molar-refractivity contribution is 0.575. The Hall–Kier alpha value is -0.910. The summed E-state index contributed by atoms with van der Waals surface area (Å²) in [5, 5.41) is 11.7. The van der Waals surface area contributed by atoms with Crippen LogP contribution in [0.5, 0.6) is 0 Å². The molecule has 0 bridgehead atoms. The molecule has 2 aromatic rings. The highest BCUT2D eigenvalue weighted by atomic mass is 32.2. The first-order chi connectivity index (χ1) is 9.70. The number of benzene rings is 1. The van der Waals surface area contributed by atoms with Crippen molar-refractivity contribution >= 4 is 23.1 Å². The average molecular weight is 307 g/mol. The van der Waals surface area contributed by atoms with Gasteiger partial charge in [-0.1, -0.05) is 53.8 Å². The minimum Gasteiger partial charge on any atom is -0.309 e. The van der Waals surface area contributed by atoms with Crippen LogP contribution >= 0.6 is 23.1 Å². The maximum absolute atomic E-state index is 4.11. The van der Waals surface area contributed by atoms with Gasteiger partial charge in [-0.3, -0.25) is 0 Å². The van der Waals surface area contributed by atoms with E-state index in [1.807, 2.05) is 0 Å². The van der Waals surface area contributed by atoms with E-state index in [1.54, 1.807) is 28.6 Å². The number of hydrogen-bond acceptors (Lipinski definition) is 5. The molecule has 0 amide bonds. The summed E-state index contributed by atoms with van der Waals surface area (Å²) in [5.74, 6) is 0.986. The van der Waals surface area contributed by atoms with Crippen LogP contribution < -0.4 is 5.32 Å². The zero-order valence-corrected chi connectivity index (χ0v) is 13.9. The number of rotatable bonds is 7. The molecule has 20 heavy (non-hydrogen) atoms. The van der Waals surface area contributed by atoms with Crippen molar-refractivity contribution in [1.29, 1.82) is 0 Å². The van der Waals surface area contributed by atoms with Crippen molar-refractivity contribution in [1.82, 2.24) is 15.5 Å². The molecule has 1 atom stereocenters. The Balaban J connectivity index is 2.11. The zero-order valence-electron chi connectivity index (χ0n) is 12.2. The van der Waals surface area contributed by atoms with Crippen LogP contribution in [0.2, 0.25) is 0 Å².